The second-order valence-corrected chi connectivity index (χ2v) is 8.46. The number of hydrogen-bond donors (Lipinski definition) is 2. The lowest BCUT2D eigenvalue weighted by atomic mass is 10.1. The Morgan fingerprint density at radius 2 is 1.83 bits per heavy atom. The first kappa shape index (κ1) is 23.3. The summed E-state index contributed by atoms with van der Waals surface area (Å²) < 4.78 is 36.7. The van der Waals surface area contributed by atoms with Crippen molar-refractivity contribution in [3.05, 3.63) is 53.6 Å². The standard InChI is InChI=1S/C22H28N2O5S/c1-5-13-29-20-11-8-17(14-21(20)28-6-2)9-12-22(25)23-18-10-7-16(3)19(15-18)24-30(4,26)27/h7-12,14-15,24H,5-6,13H2,1-4H3,(H,23,25)/b12-9+. The van der Waals surface area contributed by atoms with Crippen molar-refractivity contribution in [2.75, 3.05) is 29.5 Å². The Morgan fingerprint density at radius 3 is 2.50 bits per heavy atom. The molecule has 0 aliphatic carbocycles. The monoisotopic (exact) mass is 432 g/mol. The molecular formula is C22H28N2O5S. The summed E-state index contributed by atoms with van der Waals surface area (Å²) in [7, 11) is -3.41. The van der Waals surface area contributed by atoms with Gasteiger partial charge in [0.25, 0.3) is 0 Å². The number of aryl methyl sites for hydroxylation is 1. The zero-order valence-corrected chi connectivity index (χ0v) is 18.5. The maximum Gasteiger partial charge on any atom is 0.248 e. The van der Waals surface area contributed by atoms with Crippen LogP contribution in [0.15, 0.2) is 42.5 Å². The van der Waals surface area contributed by atoms with E-state index in [2.05, 4.69) is 10.0 Å². The molecule has 2 N–H and O–H groups in total. The van der Waals surface area contributed by atoms with Crippen molar-refractivity contribution in [2.24, 2.45) is 0 Å². The van der Waals surface area contributed by atoms with Crippen LogP contribution in [0.4, 0.5) is 11.4 Å². The number of amides is 1. The highest BCUT2D eigenvalue weighted by Crippen LogP contribution is 2.29. The van der Waals surface area contributed by atoms with E-state index in [0.29, 0.717) is 36.1 Å². The van der Waals surface area contributed by atoms with Gasteiger partial charge in [0.1, 0.15) is 0 Å². The molecule has 0 aliphatic heterocycles. The third-order valence-corrected chi connectivity index (χ3v) is 4.55. The van der Waals surface area contributed by atoms with Crippen LogP contribution in [0.5, 0.6) is 11.5 Å². The van der Waals surface area contributed by atoms with Gasteiger partial charge in [-0.1, -0.05) is 19.1 Å². The fourth-order valence-electron chi connectivity index (χ4n) is 2.59. The van der Waals surface area contributed by atoms with Gasteiger partial charge in [0.15, 0.2) is 11.5 Å². The highest BCUT2D eigenvalue weighted by molar-refractivity contribution is 7.92. The van der Waals surface area contributed by atoms with Crippen LogP contribution in [0.2, 0.25) is 0 Å². The molecule has 8 heteroatoms. The highest BCUT2D eigenvalue weighted by atomic mass is 32.2. The predicted molar refractivity (Wildman–Crippen MR) is 121 cm³/mol. The first-order chi connectivity index (χ1) is 14.2. The molecule has 30 heavy (non-hydrogen) atoms. The average Bonchev–Trinajstić information content (AvgIpc) is 2.67. The zero-order valence-electron chi connectivity index (χ0n) is 17.7. The molecule has 0 aliphatic rings. The van der Waals surface area contributed by atoms with E-state index in [1.54, 1.807) is 31.2 Å². The Balaban J connectivity index is 2.10. The minimum Gasteiger partial charge on any atom is -0.490 e. The topological polar surface area (TPSA) is 93.7 Å². The molecule has 162 valence electrons. The van der Waals surface area contributed by atoms with Crippen molar-refractivity contribution in [1.29, 1.82) is 0 Å². The van der Waals surface area contributed by atoms with Crippen LogP contribution in [-0.2, 0) is 14.8 Å². The van der Waals surface area contributed by atoms with Crippen LogP contribution < -0.4 is 19.5 Å². The Labute approximate surface area is 178 Å². The molecule has 0 fully saturated rings. The first-order valence-corrected chi connectivity index (χ1v) is 11.6. The van der Waals surface area contributed by atoms with Crippen LogP contribution in [0, 0.1) is 6.92 Å². The molecule has 0 aromatic heterocycles. The Hall–Kier alpha value is -3.00. The molecule has 0 heterocycles. The first-order valence-electron chi connectivity index (χ1n) is 9.69. The molecule has 0 unspecified atom stereocenters. The van der Waals surface area contributed by atoms with E-state index in [-0.39, 0.29) is 5.91 Å². The van der Waals surface area contributed by atoms with E-state index in [0.717, 1.165) is 23.8 Å². The lowest BCUT2D eigenvalue weighted by molar-refractivity contribution is -0.111. The maximum absolute atomic E-state index is 12.3. The Kier molecular flexibility index (Phi) is 8.29. The number of sulfonamides is 1. The summed E-state index contributed by atoms with van der Waals surface area (Å²) in [4.78, 5) is 12.3. The van der Waals surface area contributed by atoms with Gasteiger partial charge in [-0.25, -0.2) is 8.42 Å². The van der Waals surface area contributed by atoms with Crippen molar-refractivity contribution >= 4 is 33.4 Å². The van der Waals surface area contributed by atoms with Gasteiger partial charge in [-0.2, -0.15) is 0 Å². The number of carbonyl (C=O) groups is 1. The molecule has 7 nitrogen and oxygen atoms in total. The van der Waals surface area contributed by atoms with Gasteiger partial charge in [0.05, 0.1) is 25.2 Å². The largest absolute Gasteiger partial charge is 0.490 e. The summed E-state index contributed by atoms with van der Waals surface area (Å²) in [6.45, 7) is 6.82. The Bertz CT molecular complexity index is 1020. The van der Waals surface area contributed by atoms with Crippen molar-refractivity contribution in [3.63, 3.8) is 0 Å². The van der Waals surface area contributed by atoms with Gasteiger partial charge >= 0.3 is 0 Å². The second-order valence-electron chi connectivity index (χ2n) is 6.71. The molecule has 2 rings (SSSR count). The molecule has 2 aromatic rings. The van der Waals surface area contributed by atoms with E-state index in [9.17, 15) is 13.2 Å². The maximum atomic E-state index is 12.3. The fourth-order valence-corrected chi connectivity index (χ4v) is 3.21. The molecule has 0 saturated carbocycles. The van der Waals surface area contributed by atoms with Gasteiger partial charge in [0, 0.05) is 11.8 Å². The van der Waals surface area contributed by atoms with Crippen molar-refractivity contribution in [2.45, 2.75) is 27.2 Å². The Morgan fingerprint density at radius 1 is 1.07 bits per heavy atom. The lowest BCUT2D eigenvalue weighted by Gasteiger charge is -2.12. The van der Waals surface area contributed by atoms with Crippen molar-refractivity contribution < 1.29 is 22.7 Å². The number of rotatable bonds is 10. The summed E-state index contributed by atoms with van der Waals surface area (Å²) in [5.74, 6) is 0.961. The van der Waals surface area contributed by atoms with E-state index in [4.69, 9.17) is 9.47 Å². The predicted octanol–water partition coefficient (Wildman–Crippen LogP) is 4.21. The molecule has 0 spiro atoms. The van der Waals surface area contributed by atoms with Crippen molar-refractivity contribution in [3.8, 4) is 11.5 Å². The van der Waals surface area contributed by atoms with Crippen LogP contribution in [0.3, 0.4) is 0 Å². The van der Waals surface area contributed by atoms with E-state index < -0.39 is 10.0 Å². The minimum atomic E-state index is -3.41. The molecular weight excluding hydrogens is 404 g/mol. The van der Waals surface area contributed by atoms with Gasteiger partial charge in [-0.15, -0.1) is 0 Å². The smallest absolute Gasteiger partial charge is 0.248 e. The van der Waals surface area contributed by atoms with Crippen LogP contribution in [-0.4, -0.2) is 33.8 Å². The fraction of sp³-hybridized carbons (Fsp3) is 0.318. The van der Waals surface area contributed by atoms with Gasteiger partial charge < -0.3 is 14.8 Å². The zero-order chi connectivity index (χ0) is 22.1. The summed E-state index contributed by atoms with van der Waals surface area (Å²) in [5, 5.41) is 2.73. The van der Waals surface area contributed by atoms with E-state index in [1.165, 1.54) is 6.08 Å². The molecule has 0 saturated heterocycles. The van der Waals surface area contributed by atoms with E-state index in [1.807, 2.05) is 32.0 Å². The molecule has 0 bridgehead atoms. The molecule has 2 aromatic carbocycles. The van der Waals surface area contributed by atoms with Crippen LogP contribution in [0.25, 0.3) is 6.08 Å². The van der Waals surface area contributed by atoms with Gasteiger partial charge in [-0.3, -0.25) is 9.52 Å². The molecule has 0 atom stereocenters. The summed E-state index contributed by atoms with van der Waals surface area (Å²) in [6.07, 6.45) is 5.05. The summed E-state index contributed by atoms with van der Waals surface area (Å²) in [5.41, 5.74) is 2.45. The SMILES string of the molecule is CCCOc1ccc(/C=C/C(=O)Nc2ccc(C)c(NS(C)(=O)=O)c2)cc1OCC. The number of ether oxygens (including phenoxy) is 2. The molecule has 0 radical (unpaired) electrons. The number of hydrogen-bond acceptors (Lipinski definition) is 5. The number of carbonyl (C=O) groups excluding carboxylic acids is 1. The third kappa shape index (κ3) is 7.44. The van der Waals surface area contributed by atoms with E-state index >= 15 is 0 Å². The number of benzene rings is 2. The quantitative estimate of drug-likeness (QED) is 0.549. The highest BCUT2D eigenvalue weighted by Gasteiger charge is 2.08. The van der Waals surface area contributed by atoms with Gasteiger partial charge in [0.2, 0.25) is 15.9 Å². The third-order valence-electron chi connectivity index (χ3n) is 3.96. The lowest BCUT2D eigenvalue weighted by Crippen LogP contribution is -2.12. The summed E-state index contributed by atoms with van der Waals surface area (Å²) in [6, 6.07) is 10.5. The van der Waals surface area contributed by atoms with Crippen LogP contribution >= 0.6 is 0 Å². The normalized spacial score (nSPS) is 11.3. The second kappa shape index (κ2) is 10.7. The molecule has 1 amide bonds. The number of nitrogens with one attached hydrogen (secondary N) is 2. The average molecular weight is 433 g/mol. The number of anilines is 2. The van der Waals surface area contributed by atoms with Crippen LogP contribution in [0.1, 0.15) is 31.4 Å². The van der Waals surface area contributed by atoms with Gasteiger partial charge in [-0.05, 0) is 61.7 Å². The van der Waals surface area contributed by atoms with Crippen molar-refractivity contribution in [1.82, 2.24) is 0 Å². The summed E-state index contributed by atoms with van der Waals surface area (Å²) >= 11 is 0. The minimum absolute atomic E-state index is 0.339.